The lowest BCUT2D eigenvalue weighted by Crippen LogP contribution is -2.56. The largest absolute Gasteiger partial charge is 0.443 e. The molecule has 0 aromatic carbocycles. The molecule has 2 N–H and O–H groups in total. The summed E-state index contributed by atoms with van der Waals surface area (Å²) < 4.78 is 23.5. The lowest BCUT2D eigenvalue weighted by atomic mass is 9.68. The van der Waals surface area contributed by atoms with Crippen LogP contribution in [0.15, 0.2) is 12.2 Å². The molecule has 1 amide bonds. The van der Waals surface area contributed by atoms with E-state index in [-0.39, 0.29) is 36.4 Å². The fraction of sp³-hybridized carbons (Fsp3) is 0.857. The molecule has 0 aromatic rings. The minimum atomic E-state index is -0.994. The van der Waals surface area contributed by atoms with Gasteiger partial charge in [-0.1, -0.05) is 26.0 Å². The molecule has 1 aliphatic carbocycles. The van der Waals surface area contributed by atoms with Crippen LogP contribution in [0, 0.1) is 11.8 Å². The highest BCUT2D eigenvalue weighted by molar-refractivity contribution is 5.67. The number of amides is 1. The Kier molecular flexibility index (Phi) is 5.85. The minimum Gasteiger partial charge on any atom is -0.443 e. The van der Waals surface area contributed by atoms with E-state index >= 15 is 0 Å². The molecule has 0 radical (unpaired) electrons. The number of rotatable bonds is 7. The molecule has 1 spiro atoms. The molecule has 0 aromatic heterocycles. The highest BCUT2D eigenvalue weighted by Gasteiger charge is 2.72. The average Bonchev–Trinajstić information content (AvgIpc) is 3.50. The predicted molar refractivity (Wildman–Crippen MR) is 104 cm³/mol. The Bertz CT molecular complexity index is 609. The van der Waals surface area contributed by atoms with Gasteiger partial charge in [0.1, 0.15) is 29.5 Å². The Hall–Kier alpha value is -1.15. The van der Waals surface area contributed by atoms with Crippen LogP contribution in [0.5, 0.6) is 0 Å². The topological polar surface area (TPSA) is 92.9 Å². The Labute approximate surface area is 167 Å². The molecule has 1 saturated carbocycles. The molecule has 2 saturated heterocycles. The average molecular weight is 398 g/mol. The number of allylic oxidation sites excluding steroid dienone is 1. The van der Waals surface area contributed by atoms with Crippen LogP contribution in [-0.4, -0.2) is 66.6 Å². The second-order valence-corrected chi connectivity index (χ2v) is 9.53. The number of methoxy groups -OCH3 is 1. The van der Waals surface area contributed by atoms with Crippen molar-refractivity contribution in [3.8, 4) is 0 Å². The molecule has 3 rings (SSSR count). The van der Waals surface area contributed by atoms with Crippen molar-refractivity contribution in [2.24, 2.45) is 11.8 Å². The standard InChI is InChI=1S/C21H35NO6/c1-13(2)7-8-15-20(5,28-15)17-16(25-6)14(9-10-21(17)12-26-21)27-18(23)22-11-19(3,4)24/h7-8,13-17,24H,9-12H2,1-6H3,(H,22,23)/t14-,15-,16-,17?,20?,21+/m1/s1. The van der Waals surface area contributed by atoms with E-state index in [1.807, 2.05) is 0 Å². The van der Waals surface area contributed by atoms with Crippen molar-refractivity contribution >= 4 is 6.09 Å². The zero-order chi connectivity index (χ0) is 20.7. The van der Waals surface area contributed by atoms with Gasteiger partial charge in [-0.15, -0.1) is 0 Å². The van der Waals surface area contributed by atoms with E-state index in [0.717, 1.165) is 6.42 Å². The highest BCUT2D eigenvalue weighted by atomic mass is 16.6. The van der Waals surface area contributed by atoms with E-state index in [0.29, 0.717) is 18.9 Å². The Balaban J connectivity index is 1.70. The van der Waals surface area contributed by atoms with Gasteiger partial charge >= 0.3 is 6.09 Å². The number of hydrogen-bond donors (Lipinski definition) is 2. The van der Waals surface area contributed by atoms with Gasteiger partial charge in [0.15, 0.2) is 0 Å². The first kappa shape index (κ1) is 21.6. The van der Waals surface area contributed by atoms with E-state index in [9.17, 15) is 9.90 Å². The zero-order valence-electron chi connectivity index (χ0n) is 17.9. The Morgan fingerprint density at radius 1 is 1.43 bits per heavy atom. The quantitative estimate of drug-likeness (QED) is 0.506. The maximum absolute atomic E-state index is 12.2. The molecule has 2 unspecified atom stereocenters. The van der Waals surface area contributed by atoms with Crippen molar-refractivity contribution in [1.29, 1.82) is 0 Å². The second-order valence-electron chi connectivity index (χ2n) is 9.53. The van der Waals surface area contributed by atoms with Crippen molar-refractivity contribution in [2.75, 3.05) is 20.3 Å². The number of alkyl carbamates (subject to hydrolysis) is 1. The molecular weight excluding hydrogens is 362 g/mol. The van der Waals surface area contributed by atoms with E-state index in [4.69, 9.17) is 18.9 Å². The Morgan fingerprint density at radius 3 is 2.64 bits per heavy atom. The van der Waals surface area contributed by atoms with Gasteiger partial charge in [0.05, 0.1) is 18.1 Å². The molecular formula is C21H35NO6. The van der Waals surface area contributed by atoms with Gasteiger partial charge in [-0.25, -0.2) is 4.79 Å². The normalized spacial score (nSPS) is 40.1. The van der Waals surface area contributed by atoms with Crippen molar-refractivity contribution in [3.63, 3.8) is 0 Å². The van der Waals surface area contributed by atoms with Crippen LogP contribution in [0.25, 0.3) is 0 Å². The zero-order valence-corrected chi connectivity index (χ0v) is 17.9. The molecule has 28 heavy (non-hydrogen) atoms. The summed E-state index contributed by atoms with van der Waals surface area (Å²) in [5.41, 5.74) is -1.64. The fourth-order valence-electron chi connectivity index (χ4n) is 4.41. The molecule has 3 fully saturated rings. The van der Waals surface area contributed by atoms with E-state index in [1.165, 1.54) is 0 Å². The number of carbonyl (C=O) groups excluding carboxylic acids is 1. The minimum absolute atomic E-state index is 0.0152. The molecule has 6 atom stereocenters. The number of hydrogen-bond acceptors (Lipinski definition) is 6. The number of aliphatic hydroxyl groups is 1. The molecule has 160 valence electrons. The van der Waals surface area contributed by atoms with Crippen molar-refractivity contribution in [1.82, 2.24) is 5.32 Å². The summed E-state index contributed by atoms with van der Waals surface area (Å²) >= 11 is 0. The molecule has 2 heterocycles. The smallest absolute Gasteiger partial charge is 0.407 e. The fourth-order valence-corrected chi connectivity index (χ4v) is 4.41. The molecule has 3 aliphatic rings. The Morgan fingerprint density at radius 2 is 2.11 bits per heavy atom. The summed E-state index contributed by atoms with van der Waals surface area (Å²) in [5.74, 6) is 0.437. The van der Waals surface area contributed by atoms with E-state index in [2.05, 4.69) is 38.2 Å². The molecule has 7 heteroatoms. The number of epoxide rings is 2. The highest BCUT2D eigenvalue weighted by Crippen LogP contribution is 2.59. The van der Waals surface area contributed by atoms with Crippen molar-refractivity contribution < 1.29 is 28.8 Å². The summed E-state index contributed by atoms with van der Waals surface area (Å²) in [6.45, 7) is 10.4. The van der Waals surface area contributed by atoms with Crippen LogP contribution in [0.1, 0.15) is 47.5 Å². The summed E-state index contributed by atoms with van der Waals surface area (Å²) in [5, 5.41) is 12.4. The van der Waals surface area contributed by atoms with Crippen molar-refractivity contribution in [3.05, 3.63) is 12.2 Å². The molecule has 7 nitrogen and oxygen atoms in total. The lowest BCUT2D eigenvalue weighted by Gasteiger charge is -2.42. The van der Waals surface area contributed by atoms with Crippen LogP contribution in [0.4, 0.5) is 4.79 Å². The number of carbonyl (C=O) groups is 1. The van der Waals surface area contributed by atoms with Crippen LogP contribution < -0.4 is 5.32 Å². The van der Waals surface area contributed by atoms with Gasteiger partial charge in [-0.2, -0.15) is 0 Å². The first-order valence-electron chi connectivity index (χ1n) is 10.2. The van der Waals surface area contributed by atoms with Gasteiger partial charge in [0.2, 0.25) is 0 Å². The third-order valence-electron chi connectivity index (χ3n) is 6.00. The van der Waals surface area contributed by atoms with Gasteiger partial charge in [-0.05, 0) is 39.5 Å². The monoisotopic (exact) mass is 397 g/mol. The number of ether oxygens (including phenoxy) is 4. The van der Waals surface area contributed by atoms with Crippen LogP contribution in [-0.2, 0) is 18.9 Å². The summed E-state index contributed by atoms with van der Waals surface area (Å²) in [6.07, 6.45) is 4.52. The van der Waals surface area contributed by atoms with Crippen molar-refractivity contribution in [2.45, 2.75) is 82.6 Å². The molecule has 2 aliphatic heterocycles. The van der Waals surface area contributed by atoms with Gasteiger partial charge in [0, 0.05) is 13.7 Å². The van der Waals surface area contributed by atoms with Gasteiger partial charge in [-0.3, -0.25) is 0 Å². The third kappa shape index (κ3) is 4.53. The van der Waals surface area contributed by atoms with E-state index in [1.54, 1.807) is 21.0 Å². The third-order valence-corrected chi connectivity index (χ3v) is 6.00. The lowest BCUT2D eigenvalue weighted by molar-refractivity contribution is -0.118. The SMILES string of the molecule is CO[C@H]1C(C2(C)O[C@@H]2C=CC(C)C)[C@]2(CC[C@H]1OC(=O)NCC(C)(C)O)CO2. The maximum atomic E-state index is 12.2. The molecule has 0 bridgehead atoms. The second kappa shape index (κ2) is 7.59. The van der Waals surface area contributed by atoms with Gasteiger partial charge < -0.3 is 29.4 Å². The van der Waals surface area contributed by atoms with E-state index < -0.39 is 17.3 Å². The predicted octanol–water partition coefficient (Wildman–Crippen LogP) is 2.42. The van der Waals surface area contributed by atoms with Crippen LogP contribution in [0.3, 0.4) is 0 Å². The van der Waals surface area contributed by atoms with Crippen LogP contribution >= 0.6 is 0 Å². The first-order valence-corrected chi connectivity index (χ1v) is 10.2. The maximum Gasteiger partial charge on any atom is 0.407 e. The summed E-state index contributed by atoms with van der Waals surface area (Å²) in [7, 11) is 1.65. The number of nitrogens with one attached hydrogen (secondary N) is 1. The van der Waals surface area contributed by atoms with Gasteiger partial charge in [0.25, 0.3) is 0 Å². The van der Waals surface area contributed by atoms with Crippen LogP contribution in [0.2, 0.25) is 0 Å². The summed E-state index contributed by atoms with van der Waals surface area (Å²) in [4.78, 5) is 12.2. The first-order chi connectivity index (χ1) is 13.0. The summed E-state index contributed by atoms with van der Waals surface area (Å²) in [6, 6.07) is 0.